The van der Waals surface area contributed by atoms with Crippen LogP contribution in [-0.2, 0) is 20.4 Å². The maximum atomic E-state index is 2.81. The summed E-state index contributed by atoms with van der Waals surface area (Å²) in [5, 5.41) is 16.0. The van der Waals surface area contributed by atoms with Gasteiger partial charge < -0.3 is 37.2 Å². The van der Waals surface area contributed by atoms with Crippen LogP contribution in [0.4, 0.5) is 0 Å². The normalized spacial score (nSPS) is 15.7. The van der Waals surface area contributed by atoms with Gasteiger partial charge in [-0.05, 0) is 0 Å². The first kappa shape index (κ1) is 54.3. The molecule has 3 aromatic carbocycles. The number of allylic oxidation sites excluding steroid dienone is 4. The Hall–Kier alpha value is 0.242. The van der Waals surface area contributed by atoms with Crippen molar-refractivity contribution in [2.45, 2.75) is 149 Å². The smallest absolute Gasteiger partial charge is 1.00 e. The molecule has 0 bridgehead atoms. The van der Waals surface area contributed by atoms with Crippen molar-refractivity contribution in [3.05, 3.63) is 76.9 Å². The second kappa shape index (κ2) is 17.5. The average molecular weight is 967 g/mol. The molecule has 0 aliphatic heterocycles. The molecule has 0 nitrogen and oxygen atoms in total. The van der Waals surface area contributed by atoms with Gasteiger partial charge in [0.1, 0.15) is 0 Å². The third-order valence-corrected chi connectivity index (χ3v) is 34.9. The van der Waals surface area contributed by atoms with E-state index in [4.69, 9.17) is 0 Å². The van der Waals surface area contributed by atoms with Gasteiger partial charge in [0.2, 0.25) is 0 Å². The predicted octanol–water partition coefficient (Wildman–Crippen LogP) is -0.629. The Bertz CT molecular complexity index is 1690. The SMILES string of the molecule is CC1=C(C)[C]([Ti+3])([Si](c2c([Si](C)(C)C)cccc2[Si](C)(C)C)(c2c([Si](C)(C)C)cccc2[Si](C)(C)C)c2c([Si](C)(C)C)cccc2[Si](C)(C)C)C(C)=C1C.[Cl-].[Cl-].[Cl-]. The summed E-state index contributed by atoms with van der Waals surface area (Å²) in [4.78, 5) is 0. The molecule has 4 rings (SSSR count). The third-order valence-electron chi connectivity index (χ3n) is 12.5. The van der Waals surface area contributed by atoms with Crippen LogP contribution in [0.3, 0.4) is 0 Å². The maximum Gasteiger partial charge on any atom is -1.00 e. The molecule has 1 aliphatic rings. The molecule has 0 radical (unpaired) electrons. The van der Waals surface area contributed by atoms with Crippen LogP contribution >= 0.6 is 0 Å². The van der Waals surface area contributed by atoms with Crippen molar-refractivity contribution in [2.24, 2.45) is 0 Å². The molecule has 0 spiro atoms. The summed E-state index contributed by atoms with van der Waals surface area (Å²) >= 11 is 2.81. The molecule has 308 valence electrons. The van der Waals surface area contributed by atoms with Gasteiger partial charge >= 0.3 is 349 Å². The molecule has 3 aromatic rings. The fourth-order valence-corrected chi connectivity index (χ4v) is 37.6. The fourth-order valence-electron chi connectivity index (χ4n) is 9.53. The predicted molar refractivity (Wildman–Crippen MR) is 261 cm³/mol. The van der Waals surface area contributed by atoms with Crippen molar-refractivity contribution < 1.29 is 57.7 Å². The van der Waals surface area contributed by atoms with E-state index in [-0.39, 0.29) is 40.6 Å². The van der Waals surface area contributed by atoms with E-state index in [0.717, 1.165) is 0 Å². The van der Waals surface area contributed by atoms with Crippen LogP contribution in [0.25, 0.3) is 0 Å². The van der Waals surface area contributed by atoms with Crippen molar-refractivity contribution in [2.75, 3.05) is 0 Å². The van der Waals surface area contributed by atoms with E-state index in [1.807, 2.05) is 15.6 Å². The van der Waals surface area contributed by atoms with Gasteiger partial charge in [-0.3, -0.25) is 0 Å². The summed E-state index contributed by atoms with van der Waals surface area (Å²) in [5.41, 5.74) is 6.37. The monoisotopic (exact) mass is 964 g/mol. The Kier molecular flexibility index (Phi) is 17.0. The van der Waals surface area contributed by atoms with Gasteiger partial charge in [0.25, 0.3) is 0 Å². The minimum absolute atomic E-state index is 0. The van der Waals surface area contributed by atoms with Crippen LogP contribution in [0.5, 0.6) is 0 Å². The van der Waals surface area contributed by atoms with E-state index >= 15 is 0 Å². The minimum Gasteiger partial charge on any atom is -1.00 e. The molecule has 11 heteroatoms. The average Bonchev–Trinajstić information content (AvgIpc) is 3.14. The van der Waals surface area contributed by atoms with E-state index in [0.29, 0.717) is 0 Å². The molecular formula is C45H75Cl3Si7Ti. The zero-order valence-electron chi connectivity index (χ0n) is 39.3. The van der Waals surface area contributed by atoms with Gasteiger partial charge in [0.15, 0.2) is 0 Å². The van der Waals surface area contributed by atoms with E-state index < -0.39 is 56.5 Å². The van der Waals surface area contributed by atoms with Gasteiger partial charge in [0, 0.05) is 0 Å². The van der Waals surface area contributed by atoms with Gasteiger partial charge in [-0.25, -0.2) is 0 Å². The van der Waals surface area contributed by atoms with Crippen LogP contribution in [-0.4, -0.2) is 56.5 Å². The number of rotatable bonds is 10. The Labute approximate surface area is 383 Å². The summed E-state index contributed by atoms with van der Waals surface area (Å²) in [6.07, 6.45) is 0. The minimum atomic E-state index is -3.16. The Morgan fingerprint density at radius 1 is 0.339 bits per heavy atom. The quantitative estimate of drug-likeness (QED) is 0.188. The molecule has 1 aliphatic carbocycles. The fraction of sp³-hybridized carbons (Fsp3) is 0.511. The Balaban J connectivity index is 0.00000523. The van der Waals surface area contributed by atoms with Crippen LogP contribution in [0.2, 0.25) is 121 Å². The zero-order valence-corrected chi connectivity index (χ0v) is 50.2. The van der Waals surface area contributed by atoms with Gasteiger partial charge in [-0.15, -0.1) is 0 Å². The van der Waals surface area contributed by atoms with Crippen molar-refractivity contribution in [3.8, 4) is 0 Å². The first-order valence-corrected chi connectivity index (χ1v) is 44.0. The van der Waals surface area contributed by atoms with Crippen molar-refractivity contribution in [3.63, 3.8) is 0 Å². The van der Waals surface area contributed by atoms with E-state index in [1.165, 1.54) is 0 Å². The summed E-state index contributed by atoms with van der Waals surface area (Å²) in [6, 6.07) is 23.4. The Morgan fingerprint density at radius 3 is 0.643 bits per heavy atom. The van der Waals surface area contributed by atoms with E-state index in [1.54, 1.807) is 53.4 Å². The summed E-state index contributed by atoms with van der Waals surface area (Å²) in [7, 11) is -14.6. The van der Waals surface area contributed by atoms with Gasteiger partial charge in [0.05, 0.1) is 0 Å². The molecule has 0 saturated carbocycles. The van der Waals surface area contributed by atoms with Crippen molar-refractivity contribution in [1.29, 1.82) is 0 Å². The number of benzene rings is 3. The molecule has 0 amide bonds. The first-order valence-electron chi connectivity index (χ1n) is 20.2. The topological polar surface area (TPSA) is 0 Å². The largest absolute Gasteiger partial charge is 1.00 e. The van der Waals surface area contributed by atoms with Crippen molar-refractivity contribution in [1.82, 2.24) is 0 Å². The first-order chi connectivity index (χ1) is 23.7. The summed E-state index contributed by atoms with van der Waals surface area (Å²) in [5.74, 6) is 0. The molecular weight excluding hydrogens is 891 g/mol. The van der Waals surface area contributed by atoms with Crippen molar-refractivity contribution >= 4 is 103 Å². The Morgan fingerprint density at radius 2 is 0.500 bits per heavy atom. The van der Waals surface area contributed by atoms with Gasteiger partial charge in [-0.1, -0.05) is 0 Å². The summed E-state index contributed by atoms with van der Waals surface area (Å²) in [6.45, 7) is 58.0. The molecule has 0 unspecified atom stereocenters. The molecule has 56 heavy (non-hydrogen) atoms. The summed E-state index contributed by atoms with van der Waals surface area (Å²) < 4.78 is -0.139. The van der Waals surface area contributed by atoms with E-state index in [9.17, 15) is 0 Å². The van der Waals surface area contributed by atoms with Gasteiger partial charge in [-0.2, -0.15) is 0 Å². The number of hydrogen-bond acceptors (Lipinski definition) is 0. The third kappa shape index (κ3) is 9.21. The number of hydrogen-bond donors (Lipinski definition) is 0. The second-order valence-corrected chi connectivity index (χ2v) is 58.6. The maximum absolute atomic E-state index is 3.16. The zero-order chi connectivity index (χ0) is 40.9. The molecule has 0 atom stereocenters. The second-order valence-electron chi connectivity index (χ2n) is 22.7. The van der Waals surface area contributed by atoms with Crippen LogP contribution < -0.4 is 83.9 Å². The van der Waals surface area contributed by atoms with Crippen LogP contribution in [0.15, 0.2) is 76.9 Å². The van der Waals surface area contributed by atoms with E-state index in [2.05, 4.69) is 221 Å². The molecule has 0 aromatic heterocycles. The molecule has 0 N–H and O–H groups in total. The number of halogens is 3. The van der Waals surface area contributed by atoms with Crippen LogP contribution in [0, 0.1) is 0 Å². The van der Waals surface area contributed by atoms with Crippen LogP contribution in [0.1, 0.15) is 27.7 Å². The molecule has 0 heterocycles. The molecule has 0 fully saturated rings. The standard InChI is InChI=1S/C45H75Si7.3ClH.Ti/c1-32-33(2)35(4)42(34(32)3)52(43-36(46(5,6)7)26-23-27-37(43)47(8,9)10,44-38(48(11,12)13)28-24-29-39(44)49(14,15)16)45-40(50(17,18)19)30-25-31-41(45)51(20,21)22;;;;/h23-31H,1-22H3;3*1H;/q;;;;+3/p-3. The molecule has 0 saturated heterocycles.